The van der Waals surface area contributed by atoms with Crippen molar-refractivity contribution < 1.29 is 27.2 Å². The van der Waals surface area contributed by atoms with Crippen molar-refractivity contribution in [2.45, 2.75) is 6.36 Å². The summed E-state index contributed by atoms with van der Waals surface area (Å²) in [4.78, 5) is 9.62. The Morgan fingerprint density at radius 3 is 2.14 bits per heavy atom. The van der Waals surface area contributed by atoms with Gasteiger partial charge >= 0.3 is 12.0 Å². The molecule has 0 aromatic heterocycles. The number of rotatable bonds is 4. The molecule has 9 heteroatoms. The van der Waals surface area contributed by atoms with E-state index in [1.165, 1.54) is 18.2 Å². The molecule has 0 aliphatic rings. The quantitative estimate of drug-likeness (QED) is 0.516. The van der Waals surface area contributed by atoms with Gasteiger partial charge in [0.2, 0.25) is 5.82 Å². The van der Waals surface area contributed by atoms with Gasteiger partial charge in [-0.15, -0.1) is 13.2 Å². The monoisotopic (exact) mass is 316 g/mol. The van der Waals surface area contributed by atoms with Crippen LogP contribution in [0, 0.1) is 15.9 Å². The lowest BCUT2D eigenvalue weighted by Gasteiger charge is -2.10. The average Bonchev–Trinajstić information content (AvgIpc) is 2.39. The Morgan fingerprint density at radius 2 is 1.64 bits per heavy atom. The van der Waals surface area contributed by atoms with Crippen molar-refractivity contribution in [3.8, 4) is 5.75 Å². The lowest BCUT2D eigenvalue weighted by Crippen LogP contribution is -2.16. The van der Waals surface area contributed by atoms with Gasteiger partial charge in [0.05, 0.1) is 4.92 Å². The third-order valence-electron chi connectivity index (χ3n) is 2.52. The van der Waals surface area contributed by atoms with Gasteiger partial charge in [-0.1, -0.05) is 0 Å². The molecule has 0 saturated carbocycles. The maximum Gasteiger partial charge on any atom is 0.573 e. The third-order valence-corrected chi connectivity index (χ3v) is 2.52. The SMILES string of the molecule is O=[N+]([O-])c1ccc(Nc2ccc(OC(F)(F)F)cc2)cc1F. The average molecular weight is 316 g/mol. The molecule has 0 spiro atoms. The largest absolute Gasteiger partial charge is 0.573 e. The molecule has 2 aromatic carbocycles. The fraction of sp³-hybridized carbons (Fsp3) is 0.0769. The van der Waals surface area contributed by atoms with Crippen molar-refractivity contribution >= 4 is 17.1 Å². The molecule has 0 bridgehead atoms. The second-order valence-electron chi connectivity index (χ2n) is 4.12. The van der Waals surface area contributed by atoms with Crippen molar-refractivity contribution in [1.82, 2.24) is 0 Å². The molecule has 0 atom stereocenters. The summed E-state index contributed by atoms with van der Waals surface area (Å²) >= 11 is 0. The van der Waals surface area contributed by atoms with E-state index in [2.05, 4.69) is 10.1 Å². The van der Waals surface area contributed by atoms with Crippen LogP contribution < -0.4 is 10.1 Å². The fourth-order valence-electron chi connectivity index (χ4n) is 1.64. The number of halogens is 4. The van der Waals surface area contributed by atoms with Gasteiger partial charge in [0.25, 0.3) is 0 Å². The van der Waals surface area contributed by atoms with Crippen molar-refractivity contribution in [2.24, 2.45) is 0 Å². The topological polar surface area (TPSA) is 64.4 Å². The molecule has 0 aliphatic heterocycles. The number of nitrogens with one attached hydrogen (secondary N) is 1. The molecule has 2 rings (SSSR count). The Bertz CT molecular complexity index is 687. The van der Waals surface area contributed by atoms with Gasteiger partial charge in [0.15, 0.2) is 0 Å². The maximum absolute atomic E-state index is 13.4. The van der Waals surface area contributed by atoms with Gasteiger partial charge in [-0.3, -0.25) is 10.1 Å². The lowest BCUT2D eigenvalue weighted by molar-refractivity contribution is -0.387. The highest BCUT2D eigenvalue weighted by Crippen LogP contribution is 2.27. The van der Waals surface area contributed by atoms with Crippen LogP contribution >= 0.6 is 0 Å². The van der Waals surface area contributed by atoms with E-state index in [0.717, 1.165) is 24.3 Å². The molecule has 116 valence electrons. The van der Waals surface area contributed by atoms with Crippen LogP contribution in [-0.2, 0) is 0 Å². The molecule has 0 saturated heterocycles. The number of alkyl halides is 3. The Balaban J connectivity index is 2.11. The fourth-order valence-corrected chi connectivity index (χ4v) is 1.64. The summed E-state index contributed by atoms with van der Waals surface area (Å²) < 4.78 is 53.1. The summed E-state index contributed by atoms with van der Waals surface area (Å²) in [5, 5.41) is 13.2. The number of hydrogen-bond acceptors (Lipinski definition) is 4. The van der Waals surface area contributed by atoms with Crippen LogP contribution in [0.1, 0.15) is 0 Å². The van der Waals surface area contributed by atoms with Crippen LogP contribution in [0.15, 0.2) is 42.5 Å². The molecule has 2 aromatic rings. The van der Waals surface area contributed by atoms with E-state index in [0.29, 0.717) is 5.69 Å². The van der Waals surface area contributed by atoms with E-state index in [1.54, 1.807) is 0 Å². The number of nitro benzene ring substituents is 1. The van der Waals surface area contributed by atoms with Crippen molar-refractivity contribution in [1.29, 1.82) is 0 Å². The summed E-state index contributed by atoms with van der Waals surface area (Å²) in [6.07, 6.45) is -4.78. The van der Waals surface area contributed by atoms with E-state index in [-0.39, 0.29) is 5.69 Å². The number of hydrogen-bond donors (Lipinski definition) is 1. The van der Waals surface area contributed by atoms with Gasteiger partial charge in [-0.2, -0.15) is 4.39 Å². The molecule has 0 heterocycles. The summed E-state index contributed by atoms with van der Waals surface area (Å²) in [6, 6.07) is 7.92. The molecule has 0 radical (unpaired) electrons. The third kappa shape index (κ3) is 4.08. The predicted octanol–water partition coefficient (Wildman–Crippen LogP) is 4.38. The zero-order chi connectivity index (χ0) is 16.3. The van der Waals surface area contributed by atoms with Crippen LogP contribution in [0.2, 0.25) is 0 Å². The minimum absolute atomic E-state index is 0.215. The smallest absolute Gasteiger partial charge is 0.406 e. The highest BCUT2D eigenvalue weighted by molar-refractivity contribution is 5.61. The second kappa shape index (κ2) is 5.88. The van der Waals surface area contributed by atoms with Crippen LogP contribution in [0.25, 0.3) is 0 Å². The van der Waals surface area contributed by atoms with E-state index >= 15 is 0 Å². The highest BCUT2D eigenvalue weighted by atomic mass is 19.4. The minimum Gasteiger partial charge on any atom is -0.406 e. The molecule has 5 nitrogen and oxygen atoms in total. The first kappa shape index (κ1) is 15.5. The molecule has 0 aliphatic carbocycles. The lowest BCUT2D eigenvalue weighted by atomic mass is 10.2. The number of nitrogens with zero attached hydrogens (tertiary/aromatic N) is 1. The normalized spacial score (nSPS) is 11.1. The van der Waals surface area contributed by atoms with Crippen LogP contribution in [-0.4, -0.2) is 11.3 Å². The number of benzene rings is 2. The number of anilines is 2. The first-order valence-electron chi connectivity index (χ1n) is 5.81. The van der Waals surface area contributed by atoms with Crippen LogP contribution in [0.3, 0.4) is 0 Å². The van der Waals surface area contributed by atoms with Gasteiger partial charge in [-0.25, -0.2) is 0 Å². The summed E-state index contributed by atoms with van der Waals surface area (Å²) in [5.74, 6) is -1.42. The summed E-state index contributed by atoms with van der Waals surface area (Å²) in [6.45, 7) is 0. The minimum atomic E-state index is -4.78. The van der Waals surface area contributed by atoms with Gasteiger partial charge in [0, 0.05) is 23.5 Å². The number of ether oxygens (including phenoxy) is 1. The Kier molecular flexibility index (Phi) is 4.15. The van der Waals surface area contributed by atoms with E-state index in [4.69, 9.17) is 0 Å². The Morgan fingerprint density at radius 1 is 1.05 bits per heavy atom. The Labute approximate surface area is 121 Å². The van der Waals surface area contributed by atoms with Crippen LogP contribution in [0.5, 0.6) is 5.75 Å². The van der Waals surface area contributed by atoms with Crippen LogP contribution in [0.4, 0.5) is 34.6 Å². The molecule has 0 unspecified atom stereocenters. The Hall–Kier alpha value is -2.84. The molecule has 1 N–H and O–H groups in total. The van der Waals surface area contributed by atoms with Crippen molar-refractivity contribution in [2.75, 3.05) is 5.32 Å². The summed E-state index contributed by atoms with van der Waals surface area (Å²) in [5.41, 5.74) is -0.0881. The molecule has 0 fully saturated rings. The number of nitro groups is 1. The predicted molar refractivity (Wildman–Crippen MR) is 69.5 cm³/mol. The standard InChI is InChI=1S/C13H8F4N2O3/c14-11-7-9(3-6-12(11)19(20)21)18-8-1-4-10(5-2-8)22-13(15,16)17/h1-7,18H. The van der Waals surface area contributed by atoms with Crippen molar-refractivity contribution in [3.05, 3.63) is 58.4 Å². The zero-order valence-electron chi connectivity index (χ0n) is 10.7. The first-order chi connectivity index (χ1) is 10.2. The van der Waals surface area contributed by atoms with Crippen molar-refractivity contribution in [3.63, 3.8) is 0 Å². The maximum atomic E-state index is 13.4. The highest BCUT2D eigenvalue weighted by Gasteiger charge is 2.30. The summed E-state index contributed by atoms with van der Waals surface area (Å²) in [7, 11) is 0. The molecule has 22 heavy (non-hydrogen) atoms. The second-order valence-corrected chi connectivity index (χ2v) is 4.12. The van der Waals surface area contributed by atoms with Gasteiger partial charge in [0.1, 0.15) is 5.75 Å². The van der Waals surface area contributed by atoms with E-state index in [1.807, 2.05) is 0 Å². The molecular formula is C13H8F4N2O3. The van der Waals surface area contributed by atoms with Gasteiger partial charge < -0.3 is 10.1 Å². The van der Waals surface area contributed by atoms with E-state index in [9.17, 15) is 27.7 Å². The van der Waals surface area contributed by atoms with E-state index < -0.39 is 28.5 Å². The zero-order valence-corrected chi connectivity index (χ0v) is 10.7. The first-order valence-corrected chi connectivity index (χ1v) is 5.81. The van der Waals surface area contributed by atoms with Gasteiger partial charge in [-0.05, 0) is 30.3 Å². The molecular weight excluding hydrogens is 308 g/mol. The molecule has 0 amide bonds.